The Morgan fingerprint density at radius 1 is 0.382 bits per heavy atom. The summed E-state index contributed by atoms with van der Waals surface area (Å²) in [7, 11) is 1.64. The molecule has 5 rings (SSSR count). The average molecular weight is 1750 g/mol. The molecule has 0 spiro atoms. The maximum atomic E-state index is 12.8. The van der Waals surface area contributed by atoms with E-state index in [9.17, 15) is 19.2 Å². The van der Waals surface area contributed by atoms with Crippen molar-refractivity contribution < 1.29 is 142 Å². The summed E-state index contributed by atoms with van der Waals surface area (Å²) in [5.41, 5.74) is 9.40. The van der Waals surface area contributed by atoms with Gasteiger partial charge in [0.25, 0.3) is 11.8 Å². The lowest BCUT2D eigenvalue weighted by Crippen LogP contribution is -2.31. The lowest BCUT2D eigenvalue weighted by Gasteiger charge is -2.27. The highest BCUT2D eigenvalue weighted by molar-refractivity contribution is 6.03. The predicted molar refractivity (Wildman–Crippen MR) is 461 cm³/mol. The summed E-state index contributed by atoms with van der Waals surface area (Å²) >= 11 is 0. The number of anilines is 1. The number of aryl methyl sites for hydroxylation is 2. The smallest absolute Gasteiger partial charge is 0.333 e. The number of nitrogens with one attached hydrogen (secondary N) is 1. The molecule has 704 valence electrons. The third kappa shape index (κ3) is 50.7. The molecule has 3 amide bonds. The number of imide groups is 1. The Balaban J connectivity index is 0.685. The van der Waals surface area contributed by atoms with E-state index >= 15 is 0 Å². The number of carbonyl (C=O) groups is 4. The van der Waals surface area contributed by atoms with Crippen molar-refractivity contribution in [1.82, 2.24) is 10.4 Å². The van der Waals surface area contributed by atoms with Gasteiger partial charge < -0.3 is 129 Å². The van der Waals surface area contributed by atoms with Crippen LogP contribution in [0.2, 0.25) is 0 Å². The van der Waals surface area contributed by atoms with Crippen LogP contribution in [0.25, 0.3) is 0 Å². The summed E-state index contributed by atoms with van der Waals surface area (Å²) in [4.78, 5) is 56.7. The van der Waals surface area contributed by atoms with Crippen LogP contribution in [0.3, 0.4) is 0 Å². The van der Waals surface area contributed by atoms with Crippen LogP contribution in [0.4, 0.5) is 11.4 Å². The van der Waals surface area contributed by atoms with Crippen molar-refractivity contribution in [2.45, 2.75) is 117 Å². The number of hydrogen-bond acceptors (Lipinski definition) is 30. The molecule has 1 saturated heterocycles. The number of hydrogen-bond donors (Lipinski definition) is 1. The zero-order valence-corrected chi connectivity index (χ0v) is 75.3. The van der Waals surface area contributed by atoms with Crippen molar-refractivity contribution >= 4 is 40.8 Å². The van der Waals surface area contributed by atoms with Crippen molar-refractivity contribution in [2.75, 3.05) is 342 Å². The van der Waals surface area contributed by atoms with Crippen molar-refractivity contribution in [3.05, 3.63) is 82.6 Å². The first-order valence-electron chi connectivity index (χ1n) is 44.4. The summed E-state index contributed by atoms with van der Waals surface area (Å²) in [6.45, 7) is 38.1. The quantitative estimate of drug-likeness (QED) is 0.0375. The van der Waals surface area contributed by atoms with Crippen LogP contribution in [0.5, 0.6) is 0 Å². The minimum Gasteiger partial charge on any atom is -0.382 e. The molecule has 0 atom stereocenters. The topological polar surface area (TPSA) is 321 Å². The zero-order chi connectivity index (χ0) is 87.8. The minimum atomic E-state index is -0.563. The number of unbranched alkanes of at least 4 members (excludes halogenated alkanes) is 4. The lowest BCUT2D eigenvalue weighted by atomic mass is 9.80. The molecule has 0 radical (unpaired) electrons. The number of fused-ring (bicyclic) bond motifs is 2. The second kappa shape index (κ2) is 72.4. The molecule has 0 aromatic heterocycles. The molecule has 0 bridgehead atoms. The highest BCUT2D eigenvalue weighted by atomic mass is 16.7. The average Bonchev–Trinajstić information content (AvgIpc) is 1.59. The third-order valence-electron chi connectivity index (χ3n) is 19.5. The number of hydroxylamine groups is 2. The second-order valence-corrected chi connectivity index (χ2v) is 30.0. The fourth-order valence-corrected chi connectivity index (χ4v) is 13.0. The third-order valence-corrected chi connectivity index (χ3v) is 19.5. The van der Waals surface area contributed by atoms with Gasteiger partial charge >= 0.3 is 5.97 Å². The normalized spacial score (nSPS) is 14.6. The van der Waals surface area contributed by atoms with Gasteiger partial charge in [0.1, 0.15) is 6.54 Å². The maximum Gasteiger partial charge on any atom is 0.333 e. The fraction of sp³-hybridized carbons (Fsp3) is 0.767. The van der Waals surface area contributed by atoms with Crippen molar-refractivity contribution in [3.63, 3.8) is 0 Å². The van der Waals surface area contributed by atoms with E-state index in [4.69, 9.17) is 119 Å². The van der Waals surface area contributed by atoms with Crippen LogP contribution in [0.15, 0.2) is 60.3 Å². The van der Waals surface area contributed by atoms with Gasteiger partial charge in [-0.25, -0.2) is 4.79 Å². The van der Waals surface area contributed by atoms with E-state index in [1.165, 1.54) is 45.0 Å². The molecular formula is C90H151N4O29+. The van der Waals surface area contributed by atoms with E-state index in [2.05, 4.69) is 111 Å². The molecular weight excluding hydrogens is 1600 g/mol. The monoisotopic (exact) mass is 1750 g/mol. The largest absolute Gasteiger partial charge is 0.382 e. The highest BCUT2D eigenvalue weighted by Crippen LogP contribution is 2.48. The van der Waals surface area contributed by atoms with E-state index < -0.39 is 17.8 Å². The van der Waals surface area contributed by atoms with Gasteiger partial charge in [-0.15, -0.1) is 5.06 Å². The summed E-state index contributed by atoms with van der Waals surface area (Å²) in [5.74, 6) is -1.48. The Morgan fingerprint density at radius 2 is 0.699 bits per heavy atom. The molecule has 2 aromatic rings. The number of allylic oxidation sites excluding steroid dienone is 4. The van der Waals surface area contributed by atoms with Crippen molar-refractivity contribution in [1.29, 1.82) is 0 Å². The van der Waals surface area contributed by atoms with Gasteiger partial charge in [-0.1, -0.05) is 55.7 Å². The van der Waals surface area contributed by atoms with Crippen LogP contribution < -0.4 is 10.2 Å². The van der Waals surface area contributed by atoms with Crippen LogP contribution in [-0.2, 0) is 149 Å². The van der Waals surface area contributed by atoms with Gasteiger partial charge in [-0.3, -0.25) is 14.4 Å². The summed E-state index contributed by atoms with van der Waals surface area (Å²) in [6, 6.07) is 13.4. The molecule has 3 heterocycles. The van der Waals surface area contributed by atoms with E-state index in [1.54, 1.807) is 7.11 Å². The Labute approximate surface area is 731 Å². The first-order valence-corrected chi connectivity index (χ1v) is 44.4. The molecule has 3 aliphatic rings. The molecule has 3 aliphatic heterocycles. The van der Waals surface area contributed by atoms with Crippen LogP contribution >= 0.6 is 0 Å². The number of benzene rings is 2. The van der Waals surface area contributed by atoms with Crippen LogP contribution in [-0.4, -0.2) is 376 Å². The van der Waals surface area contributed by atoms with E-state index in [0.29, 0.717) is 335 Å². The molecule has 33 nitrogen and oxygen atoms in total. The molecule has 123 heavy (non-hydrogen) atoms. The number of ether oxygens (including phenoxy) is 24. The molecule has 2 aromatic carbocycles. The van der Waals surface area contributed by atoms with Gasteiger partial charge in [-0.2, -0.15) is 4.58 Å². The summed E-state index contributed by atoms with van der Waals surface area (Å²) in [5, 5.41) is 3.61. The van der Waals surface area contributed by atoms with Crippen LogP contribution in [0.1, 0.15) is 114 Å². The Kier molecular flexibility index (Phi) is 63.6. The van der Waals surface area contributed by atoms with Gasteiger partial charge in [0.05, 0.1) is 316 Å². The lowest BCUT2D eigenvalue weighted by molar-refractivity contribution is -0.438. The number of nitrogens with zero attached hydrogens (tertiary/aromatic N) is 3. The first kappa shape index (κ1) is 108. The number of methoxy groups -OCH3 is 1. The summed E-state index contributed by atoms with van der Waals surface area (Å²) < 4.78 is 135. The Bertz CT molecular complexity index is 3110. The fourth-order valence-electron chi connectivity index (χ4n) is 13.0. The van der Waals surface area contributed by atoms with E-state index in [0.717, 1.165) is 45.2 Å². The Hall–Kier alpha value is -5.49. The predicted octanol–water partition coefficient (Wildman–Crippen LogP) is 7.79. The number of rotatable bonds is 87. The van der Waals surface area contributed by atoms with Gasteiger partial charge in [0, 0.05) is 86.8 Å². The van der Waals surface area contributed by atoms with Gasteiger partial charge in [-0.05, 0) is 77.2 Å². The molecule has 1 fully saturated rings. The Morgan fingerprint density at radius 3 is 1.06 bits per heavy atom. The van der Waals surface area contributed by atoms with Gasteiger partial charge in [0.15, 0.2) is 5.71 Å². The molecule has 0 unspecified atom stereocenters. The highest BCUT2D eigenvalue weighted by Gasteiger charge is 2.45. The number of carbonyl (C=O) groups excluding carboxylic acids is 4. The molecule has 0 saturated carbocycles. The summed E-state index contributed by atoms with van der Waals surface area (Å²) in [6.07, 6.45) is 12.3. The number of amides is 3. The van der Waals surface area contributed by atoms with Crippen LogP contribution in [0, 0.1) is 13.8 Å². The standard InChI is InChI=1S/C90H150N4O29/c1-77-19-21-81-79(75-77)89(3,4)83(15-14-16-84-90(5,6)80-76-78(2)20-22-82(80)93(84)27-13-9-11-18-88(98)123-94-86(96)23-24-87(94)97)92(81)26-12-8-10-17-85(95)91-25-28-100-31-32-102-35-36-104-39-40-106-43-44-108-47-48-110-51-52-112-55-56-114-59-60-116-63-64-118-67-68-120-71-72-122-74-73-121-70-69-119-66-65-117-62-61-115-58-57-113-54-53-111-50-49-109-46-45-107-42-41-105-38-37-103-34-33-101-30-29-99-7/h14-16,19-22,75-76H,8-13,17-18,23-74H2,1-7H3/p+1. The van der Waals surface area contributed by atoms with E-state index in [-0.39, 0.29) is 36.0 Å². The molecule has 0 aliphatic carbocycles. The minimum absolute atomic E-state index is 0.0236. The van der Waals surface area contributed by atoms with Gasteiger partial charge in [0.2, 0.25) is 11.6 Å². The molecule has 1 N–H and O–H groups in total. The maximum absolute atomic E-state index is 12.8. The van der Waals surface area contributed by atoms with Crippen molar-refractivity contribution in [3.8, 4) is 0 Å². The van der Waals surface area contributed by atoms with Crippen molar-refractivity contribution in [2.24, 2.45) is 0 Å². The zero-order valence-electron chi connectivity index (χ0n) is 75.3. The molecule has 33 heteroatoms. The van der Waals surface area contributed by atoms with E-state index in [1.807, 2.05) is 0 Å². The first-order chi connectivity index (χ1) is 60.2. The second-order valence-electron chi connectivity index (χ2n) is 30.0. The SMILES string of the molecule is COCCOCCOCCOCCOCCOCCOCCOCCOCCOCCOCCOCCOCCOCCOCCOCCOCCOCCOCCOCCOCCOCCOCCOCCNC(=O)CCCCCN1C(=CC=CC2=[N+](CCCCCC(=O)ON3C(=O)CCC3=O)c3ccc(C)cc3C2(C)C)C(C)(C)c2cc(C)ccc21.